The molecule has 0 aromatic heterocycles. The Bertz CT molecular complexity index is 409. The molecule has 2 fully saturated rings. The third kappa shape index (κ3) is 2.23. The molecule has 108 valence electrons. The molecule has 0 aromatic carbocycles. The minimum absolute atomic E-state index is 0.152. The standard InChI is InChI=1S/C12H20N2O4S/c1-11(2,18)7-8(15)14-6-12(10(16)17,4-3-5-13)19-9(7)14/h7,9,18H,3-6,13H2,1-2H3,(H,16,17)/t7?,9-,12?/m1/s1. The second-order valence-electron chi connectivity index (χ2n) is 5.80. The maximum absolute atomic E-state index is 12.0. The lowest BCUT2D eigenvalue weighted by molar-refractivity contribution is -0.164. The van der Waals surface area contributed by atoms with Gasteiger partial charge in [-0.3, -0.25) is 9.59 Å². The first-order valence-corrected chi connectivity index (χ1v) is 7.25. The average molecular weight is 288 g/mol. The van der Waals surface area contributed by atoms with Crippen LogP contribution in [0.3, 0.4) is 0 Å². The van der Waals surface area contributed by atoms with Gasteiger partial charge in [0.2, 0.25) is 5.91 Å². The summed E-state index contributed by atoms with van der Waals surface area (Å²) < 4.78 is -0.973. The van der Waals surface area contributed by atoms with Crippen molar-refractivity contribution < 1.29 is 19.8 Å². The minimum Gasteiger partial charge on any atom is -0.480 e. The summed E-state index contributed by atoms with van der Waals surface area (Å²) in [6.07, 6.45) is 1.06. The Kier molecular flexibility index (Phi) is 3.57. The monoisotopic (exact) mass is 288 g/mol. The zero-order valence-electron chi connectivity index (χ0n) is 11.1. The number of nitrogens with zero attached hydrogens (tertiary/aromatic N) is 1. The predicted octanol–water partition coefficient (Wildman–Crippen LogP) is -0.149. The number of carbonyl (C=O) groups is 2. The fourth-order valence-corrected chi connectivity index (χ4v) is 4.70. The van der Waals surface area contributed by atoms with Crippen LogP contribution in [-0.2, 0) is 9.59 Å². The Labute approximate surface area is 116 Å². The summed E-state index contributed by atoms with van der Waals surface area (Å²) >= 11 is 1.28. The molecule has 2 unspecified atom stereocenters. The molecule has 0 aromatic rings. The van der Waals surface area contributed by atoms with E-state index in [-0.39, 0.29) is 17.8 Å². The number of β-lactam (4-membered cyclic amide) rings is 1. The molecule has 2 aliphatic rings. The molecule has 4 N–H and O–H groups in total. The Morgan fingerprint density at radius 3 is 2.74 bits per heavy atom. The minimum atomic E-state index is -1.12. The zero-order valence-corrected chi connectivity index (χ0v) is 11.9. The number of rotatable bonds is 5. The van der Waals surface area contributed by atoms with Crippen LogP contribution in [-0.4, -0.2) is 55.8 Å². The zero-order chi connectivity index (χ0) is 14.4. The molecular formula is C12H20N2O4S. The van der Waals surface area contributed by atoms with Crippen molar-refractivity contribution in [3.63, 3.8) is 0 Å². The third-order valence-electron chi connectivity index (χ3n) is 3.85. The number of carboxylic acids is 1. The highest BCUT2D eigenvalue weighted by atomic mass is 32.2. The van der Waals surface area contributed by atoms with Crippen LogP contribution in [0.5, 0.6) is 0 Å². The van der Waals surface area contributed by atoms with Gasteiger partial charge in [0.05, 0.1) is 16.9 Å². The van der Waals surface area contributed by atoms with Gasteiger partial charge in [0.1, 0.15) is 4.75 Å². The number of amides is 1. The normalized spacial score (nSPS) is 34.1. The Balaban J connectivity index is 2.18. The van der Waals surface area contributed by atoms with Gasteiger partial charge in [0, 0.05) is 6.54 Å². The molecule has 7 heteroatoms. The van der Waals surface area contributed by atoms with E-state index in [1.807, 2.05) is 0 Å². The summed E-state index contributed by atoms with van der Waals surface area (Å²) in [6, 6.07) is 0. The Hall–Kier alpha value is -0.790. The molecule has 2 saturated heterocycles. The fraction of sp³-hybridized carbons (Fsp3) is 0.833. The van der Waals surface area contributed by atoms with Crippen LogP contribution in [0, 0.1) is 5.92 Å². The molecule has 0 radical (unpaired) electrons. The molecule has 0 aliphatic carbocycles. The summed E-state index contributed by atoms with van der Waals surface area (Å²) in [5, 5.41) is 19.2. The third-order valence-corrected chi connectivity index (χ3v) is 5.58. The molecule has 2 heterocycles. The molecule has 2 aliphatic heterocycles. The van der Waals surface area contributed by atoms with Crippen LogP contribution in [0.25, 0.3) is 0 Å². The van der Waals surface area contributed by atoms with Crippen molar-refractivity contribution in [3.8, 4) is 0 Å². The summed E-state index contributed by atoms with van der Waals surface area (Å²) in [5.74, 6) is -1.57. The molecule has 0 spiro atoms. The Morgan fingerprint density at radius 2 is 2.26 bits per heavy atom. The summed E-state index contributed by atoms with van der Waals surface area (Å²) in [6.45, 7) is 3.83. The van der Waals surface area contributed by atoms with Crippen LogP contribution >= 0.6 is 11.8 Å². The molecule has 0 saturated carbocycles. The number of nitrogens with two attached hydrogens (primary N) is 1. The topological polar surface area (TPSA) is 104 Å². The molecule has 19 heavy (non-hydrogen) atoms. The van der Waals surface area contributed by atoms with E-state index in [4.69, 9.17) is 5.73 Å². The van der Waals surface area contributed by atoms with Crippen molar-refractivity contribution in [3.05, 3.63) is 0 Å². The van der Waals surface area contributed by atoms with Gasteiger partial charge in [-0.2, -0.15) is 0 Å². The SMILES string of the molecule is CC(C)(O)C1C(=O)N2CC(CCCN)(C(=O)O)S[C@H]12. The highest BCUT2D eigenvalue weighted by molar-refractivity contribution is 8.02. The van der Waals surface area contributed by atoms with E-state index >= 15 is 0 Å². The van der Waals surface area contributed by atoms with Crippen molar-refractivity contribution in [1.29, 1.82) is 0 Å². The van der Waals surface area contributed by atoms with Crippen LogP contribution < -0.4 is 5.73 Å². The number of aliphatic hydroxyl groups is 1. The molecule has 1 amide bonds. The first-order valence-electron chi connectivity index (χ1n) is 6.37. The van der Waals surface area contributed by atoms with E-state index in [0.29, 0.717) is 19.4 Å². The van der Waals surface area contributed by atoms with Gasteiger partial charge >= 0.3 is 5.97 Å². The van der Waals surface area contributed by atoms with E-state index in [2.05, 4.69) is 0 Å². The first kappa shape index (κ1) is 14.6. The number of fused-ring (bicyclic) bond motifs is 1. The van der Waals surface area contributed by atoms with Crippen molar-refractivity contribution in [2.75, 3.05) is 13.1 Å². The van der Waals surface area contributed by atoms with Gasteiger partial charge in [-0.05, 0) is 33.2 Å². The second kappa shape index (κ2) is 4.64. The quantitative estimate of drug-likeness (QED) is 0.608. The number of aliphatic carboxylic acids is 1. The summed E-state index contributed by atoms with van der Waals surface area (Å²) in [5.41, 5.74) is 4.33. The number of hydrogen-bond acceptors (Lipinski definition) is 5. The molecular weight excluding hydrogens is 268 g/mol. The number of carboxylic acid groups (broad SMARTS) is 1. The van der Waals surface area contributed by atoms with Gasteiger partial charge in [-0.15, -0.1) is 11.8 Å². The lowest BCUT2D eigenvalue weighted by Crippen LogP contribution is -2.63. The average Bonchev–Trinajstić information content (AvgIpc) is 2.60. The van der Waals surface area contributed by atoms with Crippen LogP contribution in [0.15, 0.2) is 0 Å². The van der Waals surface area contributed by atoms with Gasteiger partial charge in [-0.25, -0.2) is 0 Å². The van der Waals surface area contributed by atoms with Crippen LogP contribution in [0.4, 0.5) is 0 Å². The summed E-state index contributed by atoms with van der Waals surface area (Å²) in [4.78, 5) is 25.1. The van der Waals surface area contributed by atoms with Crippen molar-refractivity contribution in [1.82, 2.24) is 4.90 Å². The maximum Gasteiger partial charge on any atom is 0.321 e. The first-order chi connectivity index (χ1) is 8.73. The van der Waals surface area contributed by atoms with E-state index < -0.39 is 22.2 Å². The van der Waals surface area contributed by atoms with Crippen molar-refractivity contribution in [2.24, 2.45) is 11.7 Å². The van der Waals surface area contributed by atoms with Gasteiger partial charge in [0.25, 0.3) is 0 Å². The molecule has 2 rings (SSSR count). The van der Waals surface area contributed by atoms with Crippen molar-refractivity contribution in [2.45, 2.75) is 42.4 Å². The molecule has 3 atom stereocenters. The second-order valence-corrected chi connectivity index (χ2v) is 7.30. The lowest BCUT2D eigenvalue weighted by Gasteiger charge is -2.46. The number of hydrogen-bond donors (Lipinski definition) is 3. The molecule has 0 bridgehead atoms. The van der Waals surface area contributed by atoms with Crippen molar-refractivity contribution >= 4 is 23.6 Å². The van der Waals surface area contributed by atoms with Gasteiger partial charge < -0.3 is 20.8 Å². The van der Waals surface area contributed by atoms with E-state index in [1.165, 1.54) is 11.8 Å². The maximum atomic E-state index is 12.0. The summed E-state index contributed by atoms with van der Waals surface area (Å²) in [7, 11) is 0. The van der Waals surface area contributed by atoms with E-state index in [1.54, 1.807) is 18.7 Å². The largest absolute Gasteiger partial charge is 0.480 e. The number of thioether (sulfide) groups is 1. The lowest BCUT2D eigenvalue weighted by atomic mass is 9.82. The predicted molar refractivity (Wildman–Crippen MR) is 71.5 cm³/mol. The van der Waals surface area contributed by atoms with E-state index in [9.17, 15) is 19.8 Å². The smallest absolute Gasteiger partial charge is 0.321 e. The molecule has 6 nitrogen and oxygen atoms in total. The fourth-order valence-electron chi connectivity index (χ4n) is 2.77. The Morgan fingerprint density at radius 1 is 1.63 bits per heavy atom. The van der Waals surface area contributed by atoms with Gasteiger partial charge in [-0.1, -0.05) is 0 Å². The highest BCUT2D eigenvalue weighted by Crippen LogP contribution is 2.53. The number of carbonyl (C=O) groups excluding carboxylic acids is 1. The van der Waals surface area contributed by atoms with Crippen LogP contribution in [0.1, 0.15) is 26.7 Å². The van der Waals surface area contributed by atoms with Crippen LogP contribution in [0.2, 0.25) is 0 Å². The highest BCUT2D eigenvalue weighted by Gasteiger charge is 2.64. The van der Waals surface area contributed by atoms with E-state index in [0.717, 1.165) is 0 Å². The van der Waals surface area contributed by atoms with Gasteiger partial charge in [0.15, 0.2) is 0 Å².